The number of hydrogen-bond acceptors (Lipinski definition) is 5. The van der Waals surface area contributed by atoms with Gasteiger partial charge in [0.25, 0.3) is 0 Å². The van der Waals surface area contributed by atoms with Crippen LogP contribution >= 0.6 is 11.8 Å². The van der Waals surface area contributed by atoms with Crippen molar-refractivity contribution in [2.24, 2.45) is 5.92 Å². The van der Waals surface area contributed by atoms with Gasteiger partial charge in [0.15, 0.2) is 0 Å². The van der Waals surface area contributed by atoms with Crippen LogP contribution in [0.3, 0.4) is 0 Å². The number of carbonyl (C=O) groups excluding carboxylic acids is 3. The van der Waals surface area contributed by atoms with Crippen LogP contribution in [0.2, 0.25) is 0 Å². The van der Waals surface area contributed by atoms with Gasteiger partial charge in [0, 0.05) is 12.6 Å². The molecule has 0 spiro atoms. The number of rotatable bonds is 14. The van der Waals surface area contributed by atoms with Crippen molar-refractivity contribution in [3.8, 4) is 0 Å². The highest BCUT2D eigenvalue weighted by molar-refractivity contribution is 7.98. The van der Waals surface area contributed by atoms with Gasteiger partial charge in [-0.2, -0.15) is 11.8 Å². The molecule has 8 heteroatoms. The fourth-order valence-electron chi connectivity index (χ4n) is 4.92. The van der Waals surface area contributed by atoms with Crippen molar-refractivity contribution in [3.63, 3.8) is 0 Å². The Morgan fingerprint density at radius 2 is 1.55 bits per heavy atom. The van der Waals surface area contributed by atoms with E-state index in [0.717, 1.165) is 35.1 Å². The van der Waals surface area contributed by atoms with Gasteiger partial charge in [0.1, 0.15) is 17.7 Å². The van der Waals surface area contributed by atoms with E-state index in [4.69, 9.17) is 4.74 Å². The maximum absolute atomic E-state index is 14.6. The quantitative estimate of drug-likeness (QED) is 0.246. The molecule has 3 unspecified atom stereocenters. The number of alkyl carbamates (subject to hydrolysis) is 1. The van der Waals surface area contributed by atoms with Crippen LogP contribution in [0.15, 0.2) is 48.5 Å². The van der Waals surface area contributed by atoms with E-state index in [0.29, 0.717) is 24.6 Å². The second kappa shape index (κ2) is 16.6. The molecule has 7 nitrogen and oxygen atoms in total. The van der Waals surface area contributed by atoms with E-state index in [1.54, 1.807) is 37.4 Å². The Morgan fingerprint density at radius 1 is 0.929 bits per heavy atom. The van der Waals surface area contributed by atoms with Gasteiger partial charge in [-0.25, -0.2) is 4.79 Å². The van der Waals surface area contributed by atoms with Crippen molar-refractivity contribution in [2.75, 3.05) is 12.0 Å². The van der Waals surface area contributed by atoms with Crippen molar-refractivity contribution in [3.05, 3.63) is 70.8 Å². The highest BCUT2D eigenvalue weighted by Crippen LogP contribution is 2.29. The molecule has 2 rings (SSSR count). The van der Waals surface area contributed by atoms with Crippen LogP contribution in [0.5, 0.6) is 0 Å². The molecule has 2 aromatic rings. The molecular weight excluding hydrogens is 546 g/mol. The predicted octanol–water partition coefficient (Wildman–Crippen LogP) is 6.96. The number of aryl methyl sites for hydroxylation is 2. The lowest BCUT2D eigenvalue weighted by molar-refractivity contribution is -0.145. The summed E-state index contributed by atoms with van der Waals surface area (Å²) in [4.78, 5) is 43.3. The standard InChI is InChI=1S/C34H51N3O4S/c1-23(2)15-16-26(5)37(32(39)29(17-18-42-9)36-33(40)41-34(6,7)8)30(28-20-24(3)19-25(4)21-28)31(38)35-22-27-13-11-10-12-14-27/h10-14,19-21,23,26,29-30H,15-18,22H2,1-9H3,(H,35,38)(H,36,40). The summed E-state index contributed by atoms with van der Waals surface area (Å²) in [6, 6.07) is 13.8. The Morgan fingerprint density at radius 3 is 2.10 bits per heavy atom. The first-order valence-corrected chi connectivity index (χ1v) is 16.3. The summed E-state index contributed by atoms with van der Waals surface area (Å²) in [6.07, 6.45) is 3.35. The average molecular weight is 598 g/mol. The molecule has 2 aromatic carbocycles. The number of carbonyl (C=O) groups is 3. The van der Waals surface area contributed by atoms with Crippen LogP contribution < -0.4 is 10.6 Å². The molecule has 232 valence electrons. The Kier molecular flexibility index (Phi) is 13.9. The summed E-state index contributed by atoms with van der Waals surface area (Å²) in [6.45, 7) is 16.0. The van der Waals surface area contributed by atoms with Crippen LogP contribution in [0.25, 0.3) is 0 Å². The van der Waals surface area contributed by atoms with Crippen molar-refractivity contribution < 1.29 is 19.1 Å². The maximum Gasteiger partial charge on any atom is 0.408 e. The number of ether oxygens (including phenoxy) is 1. The van der Waals surface area contributed by atoms with Gasteiger partial charge < -0.3 is 20.3 Å². The van der Waals surface area contributed by atoms with E-state index in [1.165, 1.54) is 0 Å². The molecule has 0 fully saturated rings. The Bertz CT molecular complexity index is 1140. The number of nitrogens with zero attached hydrogens (tertiary/aromatic N) is 1. The Hall–Kier alpha value is -3.00. The topological polar surface area (TPSA) is 87.7 Å². The molecule has 2 N–H and O–H groups in total. The number of nitrogens with one attached hydrogen (secondary N) is 2. The van der Waals surface area contributed by atoms with Gasteiger partial charge in [-0.1, -0.05) is 73.5 Å². The summed E-state index contributed by atoms with van der Waals surface area (Å²) < 4.78 is 5.52. The Balaban J connectivity index is 2.59. The molecule has 0 aliphatic rings. The highest BCUT2D eigenvalue weighted by Gasteiger charge is 2.39. The molecule has 0 radical (unpaired) electrons. The molecule has 0 bridgehead atoms. The van der Waals surface area contributed by atoms with Gasteiger partial charge in [-0.15, -0.1) is 0 Å². The van der Waals surface area contributed by atoms with Crippen molar-refractivity contribution >= 4 is 29.7 Å². The van der Waals surface area contributed by atoms with Gasteiger partial charge in [0.2, 0.25) is 11.8 Å². The summed E-state index contributed by atoms with van der Waals surface area (Å²) in [5.74, 6) is 0.553. The number of hydrogen-bond donors (Lipinski definition) is 2. The highest BCUT2D eigenvalue weighted by atomic mass is 32.2. The SMILES string of the molecule is CSCCC(NC(=O)OC(C)(C)C)C(=O)N(C(C)CCC(C)C)C(C(=O)NCc1ccccc1)c1cc(C)cc(C)c1. The fraction of sp³-hybridized carbons (Fsp3) is 0.559. The Labute approximate surface area is 257 Å². The van der Waals surface area contributed by atoms with Crippen molar-refractivity contribution in [1.29, 1.82) is 0 Å². The van der Waals surface area contributed by atoms with Crippen molar-refractivity contribution in [2.45, 2.75) is 105 Å². The minimum atomic E-state index is -0.876. The first-order chi connectivity index (χ1) is 19.7. The molecule has 3 atom stereocenters. The summed E-state index contributed by atoms with van der Waals surface area (Å²) in [7, 11) is 0. The molecule has 0 saturated carbocycles. The maximum atomic E-state index is 14.6. The lowest BCUT2D eigenvalue weighted by Gasteiger charge is -2.39. The van der Waals surface area contributed by atoms with Crippen LogP contribution in [0.4, 0.5) is 4.79 Å². The lowest BCUT2D eigenvalue weighted by Crippen LogP contribution is -2.55. The summed E-state index contributed by atoms with van der Waals surface area (Å²) in [5, 5.41) is 5.93. The summed E-state index contributed by atoms with van der Waals surface area (Å²) in [5.41, 5.74) is 3.04. The van der Waals surface area contributed by atoms with Gasteiger partial charge in [0.05, 0.1) is 0 Å². The monoisotopic (exact) mass is 597 g/mol. The van der Waals surface area contributed by atoms with Crippen molar-refractivity contribution in [1.82, 2.24) is 15.5 Å². The second-order valence-corrected chi connectivity index (χ2v) is 13.6. The predicted molar refractivity (Wildman–Crippen MR) is 173 cm³/mol. The van der Waals surface area contributed by atoms with E-state index in [-0.39, 0.29) is 17.9 Å². The first-order valence-electron chi connectivity index (χ1n) is 14.9. The third kappa shape index (κ3) is 11.7. The normalized spacial score (nSPS) is 13.7. The fourth-order valence-corrected chi connectivity index (χ4v) is 5.39. The molecule has 0 aliphatic heterocycles. The molecule has 3 amide bonds. The summed E-state index contributed by atoms with van der Waals surface area (Å²) >= 11 is 1.60. The third-order valence-electron chi connectivity index (χ3n) is 6.89. The minimum absolute atomic E-state index is 0.255. The zero-order valence-corrected chi connectivity index (χ0v) is 27.8. The molecule has 0 aliphatic carbocycles. The van der Waals surface area contributed by atoms with E-state index >= 15 is 0 Å². The smallest absolute Gasteiger partial charge is 0.408 e. The number of amides is 3. The lowest BCUT2D eigenvalue weighted by atomic mass is 9.95. The van der Waals surface area contributed by atoms with Crippen LogP contribution in [0.1, 0.15) is 89.1 Å². The third-order valence-corrected chi connectivity index (χ3v) is 7.53. The van der Waals surface area contributed by atoms with E-state index in [1.807, 2.05) is 69.5 Å². The molecule has 0 saturated heterocycles. The van der Waals surface area contributed by atoms with Gasteiger partial charge in [-0.05, 0) is 89.9 Å². The van der Waals surface area contributed by atoms with Crippen LogP contribution in [-0.2, 0) is 20.9 Å². The largest absolute Gasteiger partial charge is 0.444 e. The molecular formula is C34H51N3O4S. The zero-order chi connectivity index (χ0) is 31.4. The minimum Gasteiger partial charge on any atom is -0.444 e. The van der Waals surface area contributed by atoms with Gasteiger partial charge in [-0.3, -0.25) is 9.59 Å². The number of thioether (sulfide) groups is 1. The van der Waals surface area contributed by atoms with Crippen LogP contribution in [-0.4, -0.2) is 52.5 Å². The molecule has 42 heavy (non-hydrogen) atoms. The molecule has 0 heterocycles. The van der Waals surface area contributed by atoms with E-state index in [2.05, 4.69) is 30.5 Å². The van der Waals surface area contributed by atoms with Crippen LogP contribution in [0, 0.1) is 19.8 Å². The zero-order valence-electron chi connectivity index (χ0n) is 27.0. The molecule has 0 aromatic heterocycles. The first kappa shape index (κ1) is 35.2. The van der Waals surface area contributed by atoms with Gasteiger partial charge >= 0.3 is 6.09 Å². The second-order valence-electron chi connectivity index (χ2n) is 12.6. The van der Waals surface area contributed by atoms with E-state index < -0.39 is 23.8 Å². The number of benzene rings is 2. The average Bonchev–Trinajstić information content (AvgIpc) is 2.89. The van der Waals surface area contributed by atoms with E-state index in [9.17, 15) is 14.4 Å².